The molecule has 1 aliphatic rings. The molecule has 2 aromatic carbocycles. The van der Waals surface area contributed by atoms with E-state index in [0.717, 1.165) is 25.3 Å². The molecule has 0 amide bonds. The monoisotopic (exact) mass is 297 g/mol. The lowest BCUT2D eigenvalue weighted by molar-refractivity contribution is -0.384. The molecule has 0 saturated carbocycles. The second kappa shape index (κ2) is 6.15. The topological polar surface area (TPSA) is 49.6 Å². The van der Waals surface area contributed by atoms with Crippen LogP contribution in [-0.2, 0) is 6.54 Å². The van der Waals surface area contributed by atoms with Gasteiger partial charge in [-0.1, -0.05) is 30.3 Å². The van der Waals surface area contributed by atoms with Gasteiger partial charge in [-0.15, -0.1) is 0 Å². The van der Waals surface area contributed by atoms with Crippen molar-refractivity contribution in [3.8, 4) is 0 Å². The average molecular weight is 297 g/mol. The molecular formula is C17H19N3O2. The number of benzene rings is 2. The van der Waals surface area contributed by atoms with Gasteiger partial charge in [0, 0.05) is 37.5 Å². The van der Waals surface area contributed by atoms with Crippen molar-refractivity contribution in [2.45, 2.75) is 19.6 Å². The minimum absolute atomic E-state index is 0.136. The highest BCUT2D eigenvalue weighted by Gasteiger charge is 2.28. The Kier molecular flexibility index (Phi) is 4.06. The van der Waals surface area contributed by atoms with E-state index in [1.54, 1.807) is 12.1 Å². The van der Waals surface area contributed by atoms with Crippen molar-refractivity contribution in [1.29, 1.82) is 0 Å². The molecule has 1 aliphatic heterocycles. The number of nitro groups is 1. The summed E-state index contributed by atoms with van der Waals surface area (Å²) in [5.41, 5.74) is 2.48. The molecule has 3 rings (SSSR count). The van der Waals surface area contributed by atoms with Crippen molar-refractivity contribution in [1.82, 2.24) is 4.90 Å². The Morgan fingerprint density at radius 3 is 2.41 bits per heavy atom. The highest BCUT2D eigenvalue weighted by atomic mass is 16.6. The minimum atomic E-state index is -0.362. The molecule has 5 nitrogen and oxygen atoms in total. The summed E-state index contributed by atoms with van der Waals surface area (Å²) >= 11 is 0. The molecule has 5 heteroatoms. The highest BCUT2D eigenvalue weighted by molar-refractivity contribution is 5.52. The number of hydrogen-bond donors (Lipinski definition) is 0. The predicted molar refractivity (Wildman–Crippen MR) is 86.8 cm³/mol. The zero-order valence-corrected chi connectivity index (χ0v) is 12.6. The molecule has 0 aliphatic carbocycles. The molecule has 1 unspecified atom stereocenters. The zero-order valence-electron chi connectivity index (χ0n) is 12.6. The van der Waals surface area contributed by atoms with Gasteiger partial charge in [-0.05, 0) is 24.6 Å². The van der Waals surface area contributed by atoms with E-state index in [1.807, 2.05) is 18.2 Å². The van der Waals surface area contributed by atoms with Gasteiger partial charge in [-0.2, -0.15) is 0 Å². The molecule has 0 aromatic heterocycles. The van der Waals surface area contributed by atoms with Crippen LogP contribution in [0.3, 0.4) is 0 Å². The minimum Gasteiger partial charge on any atom is -0.355 e. The van der Waals surface area contributed by atoms with Crippen molar-refractivity contribution in [2.75, 3.05) is 18.0 Å². The van der Waals surface area contributed by atoms with Crippen LogP contribution < -0.4 is 4.90 Å². The van der Waals surface area contributed by atoms with Crippen molar-refractivity contribution in [3.63, 3.8) is 0 Å². The molecule has 0 radical (unpaired) electrons. The van der Waals surface area contributed by atoms with Crippen LogP contribution in [-0.4, -0.2) is 29.1 Å². The first kappa shape index (κ1) is 14.5. The van der Waals surface area contributed by atoms with Gasteiger partial charge < -0.3 is 4.90 Å². The molecule has 2 aromatic rings. The quantitative estimate of drug-likeness (QED) is 0.642. The Labute approximate surface area is 129 Å². The summed E-state index contributed by atoms with van der Waals surface area (Å²) in [7, 11) is 0. The van der Waals surface area contributed by atoms with Gasteiger partial charge in [0.25, 0.3) is 5.69 Å². The predicted octanol–water partition coefficient (Wildman–Crippen LogP) is 3.26. The Balaban J connectivity index is 1.70. The third-order valence-corrected chi connectivity index (χ3v) is 4.23. The van der Waals surface area contributed by atoms with E-state index in [9.17, 15) is 10.1 Å². The molecule has 1 heterocycles. The van der Waals surface area contributed by atoms with E-state index in [0.29, 0.717) is 0 Å². The van der Waals surface area contributed by atoms with Gasteiger partial charge in [-0.3, -0.25) is 15.0 Å². The number of nitro benzene ring substituents is 1. The van der Waals surface area contributed by atoms with Crippen LogP contribution in [0, 0.1) is 10.1 Å². The van der Waals surface area contributed by atoms with Gasteiger partial charge in [0.05, 0.1) is 11.1 Å². The molecular weight excluding hydrogens is 278 g/mol. The van der Waals surface area contributed by atoms with Crippen LogP contribution in [0.15, 0.2) is 54.6 Å². The number of nitrogens with zero attached hydrogens (tertiary/aromatic N) is 3. The second-order valence-corrected chi connectivity index (χ2v) is 5.55. The molecule has 22 heavy (non-hydrogen) atoms. The van der Waals surface area contributed by atoms with Gasteiger partial charge in [-0.25, -0.2) is 0 Å². The molecule has 1 saturated heterocycles. The summed E-state index contributed by atoms with van der Waals surface area (Å²) < 4.78 is 0. The lowest BCUT2D eigenvalue weighted by Crippen LogP contribution is -2.35. The second-order valence-electron chi connectivity index (χ2n) is 5.55. The summed E-state index contributed by atoms with van der Waals surface area (Å²) in [6.45, 7) is 5.03. The molecule has 0 bridgehead atoms. The molecule has 1 atom stereocenters. The fourth-order valence-corrected chi connectivity index (χ4v) is 2.95. The first-order valence-electron chi connectivity index (χ1n) is 7.44. The van der Waals surface area contributed by atoms with Gasteiger partial charge in [0.15, 0.2) is 0 Å². The third-order valence-electron chi connectivity index (χ3n) is 4.23. The van der Waals surface area contributed by atoms with E-state index in [4.69, 9.17) is 0 Å². The lowest BCUT2D eigenvalue weighted by Gasteiger charge is -2.28. The highest BCUT2D eigenvalue weighted by Crippen LogP contribution is 2.26. The largest absolute Gasteiger partial charge is 0.355 e. The molecule has 0 N–H and O–H groups in total. The summed E-state index contributed by atoms with van der Waals surface area (Å²) in [5.74, 6) is 0. The Morgan fingerprint density at radius 1 is 1.09 bits per heavy atom. The van der Waals surface area contributed by atoms with Crippen LogP contribution in [0.2, 0.25) is 0 Å². The van der Waals surface area contributed by atoms with Crippen molar-refractivity contribution < 1.29 is 4.92 Å². The number of hydrogen-bond acceptors (Lipinski definition) is 4. The number of non-ortho nitro benzene ring substituents is 1. The summed E-state index contributed by atoms with van der Waals surface area (Å²) in [4.78, 5) is 15.1. The van der Waals surface area contributed by atoms with Gasteiger partial charge >= 0.3 is 0 Å². The zero-order chi connectivity index (χ0) is 15.5. The Morgan fingerprint density at radius 2 is 1.77 bits per heavy atom. The third kappa shape index (κ3) is 2.94. The molecule has 114 valence electrons. The first-order chi connectivity index (χ1) is 10.6. The summed E-state index contributed by atoms with van der Waals surface area (Å²) in [6, 6.07) is 17.2. The number of anilines is 1. The van der Waals surface area contributed by atoms with Crippen molar-refractivity contribution in [3.05, 3.63) is 70.3 Å². The smallest absolute Gasteiger partial charge is 0.269 e. The Bertz CT molecular complexity index is 643. The van der Waals surface area contributed by atoms with Crippen LogP contribution in [0.25, 0.3) is 0 Å². The van der Waals surface area contributed by atoms with E-state index in [-0.39, 0.29) is 16.8 Å². The molecule has 0 spiro atoms. The van der Waals surface area contributed by atoms with E-state index in [1.165, 1.54) is 5.56 Å². The summed E-state index contributed by atoms with van der Waals surface area (Å²) in [6.07, 6.45) is 0.279. The lowest BCUT2D eigenvalue weighted by atomic mass is 10.2. The van der Waals surface area contributed by atoms with Crippen LogP contribution in [0.5, 0.6) is 0 Å². The first-order valence-corrected chi connectivity index (χ1v) is 7.44. The maximum atomic E-state index is 10.7. The van der Waals surface area contributed by atoms with Gasteiger partial charge in [0.1, 0.15) is 0 Å². The SMILES string of the molecule is CC1N(Cc2ccccc2)CCN1c1ccc([N+](=O)[O-])cc1. The fraction of sp³-hybridized carbons (Fsp3) is 0.294. The number of rotatable bonds is 4. The van der Waals surface area contributed by atoms with Crippen molar-refractivity contribution >= 4 is 11.4 Å². The van der Waals surface area contributed by atoms with Crippen LogP contribution in [0.4, 0.5) is 11.4 Å². The van der Waals surface area contributed by atoms with Gasteiger partial charge in [0.2, 0.25) is 0 Å². The summed E-state index contributed by atoms with van der Waals surface area (Å²) in [5, 5.41) is 10.7. The normalized spacial score (nSPS) is 18.6. The standard InChI is InChI=1S/C17H19N3O2/c1-14-18(13-15-5-3-2-4-6-15)11-12-19(14)16-7-9-17(10-8-16)20(21)22/h2-10,14H,11-13H2,1H3. The fourth-order valence-electron chi connectivity index (χ4n) is 2.95. The van der Waals surface area contributed by atoms with E-state index in [2.05, 4.69) is 41.0 Å². The average Bonchev–Trinajstić information content (AvgIpc) is 2.89. The van der Waals surface area contributed by atoms with Crippen molar-refractivity contribution in [2.24, 2.45) is 0 Å². The van der Waals surface area contributed by atoms with Crippen LogP contribution >= 0.6 is 0 Å². The van der Waals surface area contributed by atoms with Crippen LogP contribution in [0.1, 0.15) is 12.5 Å². The maximum Gasteiger partial charge on any atom is 0.269 e. The van der Waals surface area contributed by atoms with E-state index >= 15 is 0 Å². The maximum absolute atomic E-state index is 10.7. The van der Waals surface area contributed by atoms with E-state index < -0.39 is 0 Å². The molecule has 1 fully saturated rings. The Hall–Kier alpha value is -2.40.